The van der Waals surface area contributed by atoms with E-state index in [1.807, 2.05) is 12.1 Å². The second kappa shape index (κ2) is 7.11. The summed E-state index contributed by atoms with van der Waals surface area (Å²) in [6, 6.07) is 12.2. The molecule has 2 aromatic rings. The molecule has 0 aliphatic carbocycles. The van der Waals surface area contributed by atoms with Gasteiger partial charge >= 0.3 is 0 Å². The number of para-hydroxylation sites is 1. The van der Waals surface area contributed by atoms with Crippen LogP contribution in [0, 0.1) is 0 Å². The first-order chi connectivity index (χ1) is 10.1. The van der Waals surface area contributed by atoms with Crippen LogP contribution in [0.5, 0.6) is 0 Å². The summed E-state index contributed by atoms with van der Waals surface area (Å²) in [5.74, 6) is -0.304. The van der Waals surface area contributed by atoms with Crippen molar-refractivity contribution in [1.29, 1.82) is 0 Å². The molecule has 1 amide bonds. The van der Waals surface area contributed by atoms with E-state index in [1.54, 1.807) is 37.4 Å². The van der Waals surface area contributed by atoms with Crippen LogP contribution in [0.3, 0.4) is 0 Å². The quantitative estimate of drug-likeness (QED) is 0.664. The highest BCUT2D eigenvalue weighted by Crippen LogP contribution is 2.19. The molecule has 0 aliphatic rings. The third-order valence-electron chi connectivity index (χ3n) is 2.77. The number of hydrazone groups is 1. The molecule has 2 aromatic carbocycles. The number of halogens is 2. The molecule has 108 valence electrons. The van der Waals surface area contributed by atoms with Gasteiger partial charge in [-0.3, -0.25) is 4.79 Å². The van der Waals surface area contributed by atoms with Crippen molar-refractivity contribution >= 4 is 41.0 Å². The van der Waals surface area contributed by atoms with Gasteiger partial charge < -0.3 is 5.32 Å². The molecule has 2 rings (SSSR count). The Hall–Kier alpha value is -2.04. The summed E-state index contributed by atoms with van der Waals surface area (Å²) in [6.07, 6.45) is 1.47. The molecule has 0 spiro atoms. The van der Waals surface area contributed by atoms with Gasteiger partial charge in [0.25, 0.3) is 5.91 Å². The first-order valence-corrected chi connectivity index (χ1v) is 6.92. The highest BCUT2D eigenvalue weighted by atomic mass is 35.5. The molecule has 0 saturated carbocycles. The smallest absolute Gasteiger partial charge is 0.273 e. The maximum absolute atomic E-state index is 12.0. The lowest BCUT2D eigenvalue weighted by Gasteiger charge is -2.06. The Morgan fingerprint density at radius 3 is 2.67 bits per heavy atom. The lowest BCUT2D eigenvalue weighted by molar-refractivity contribution is 0.0956. The highest BCUT2D eigenvalue weighted by molar-refractivity contribution is 6.36. The minimum atomic E-state index is -0.304. The number of amides is 1. The van der Waals surface area contributed by atoms with E-state index in [-0.39, 0.29) is 5.91 Å². The third-order valence-corrected chi connectivity index (χ3v) is 3.34. The zero-order valence-corrected chi connectivity index (χ0v) is 12.7. The van der Waals surface area contributed by atoms with Crippen molar-refractivity contribution in [3.8, 4) is 0 Å². The van der Waals surface area contributed by atoms with Crippen LogP contribution in [0.4, 0.5) is 5.69 Å². The summed E-state index contributed by atoms with van der Waals surface area (Å²) in [5, 5.41) is 7.87. The van der Waals surface area contributed by atoms with Crippen LogP contribution in [-0.4, -0.2) is 19.2 Å². The van der Waals surface area contributed by atoms with Crippen LogP contribution >= 0.6 is 23.2 Å². The summed E-state index contributed by atoms with van der Waals surface area (Å²) >= 11 is 11.8. The van der Waals surface area contributed by atoms with E-state index < -0.39 is 0 Å². The van der Waals surface area contributed by atoms with Gasteiger partial charge in [0.2, 0.25) is 0 Å². The summed E-state index contributed by atoms with van der Waals surface area (Å²) < 4.78 is 0. The molecule has 0 bridgehead atoms. The lowest BCUT2D eigenvalue weighted by Crippen LogP contribution is -2.19. The third kappa shape index (κ3) is 3.97. The molecule has 4 nitrogen and oxygen atoms in total. The Bertz CT molecular complexity index is 686. The van der Waals surface area contributed by atoms with Crippen LogP contribution in [0.25, 0.3) is 0 Å². The SMILES string of the molecule is CNc1ccccc1C(=O)NN=Cc1ccc(Cl)cc1Cl. The van der Waals surface area contributed by atoms with E-state index in [0.29, 0.717) is 21.2 Å². The van der Waals surface area contributed by atoms with Gasteiger partial charge in [-0.15, -0.1) is 0 Å². The summed E-state index contributed by atoms with van der Waals surface area (Å²) in [7, 11) is 1.75. The fourth-order valence-corrected chi connectivity index (χ4v) is 2.18. The largest absolute Gasteiger partial charge is 0.387 e. The van der Waals surface area contributed by atoms with Crippen LogP contribution in [0.1, 0.15) is 15.9 Å². The van der Waals surface area contributed by atoms with Gasteiger partial charge in [0.05, 0.1) is 16.8 Å². The van der Waals surface area contributed by atoms with Gasteiger partial charge in [0, 0.05) is 23.3 Å². The van der Waals surface area contributed by atoms with Crippen molar-refractivity contribution in [3.63, 3.8) is 0 Å². The van der Waals surface area contributed by atoms with Crippen molar-refractivity contribution in [2.24, 2.45) is 5.10 Å². The molecule has 0 fully saturated rings. The number of anilines is 1. The molecule has 0 heterocycles. The Labute approximate surface area is 132 Å². The van der Waals surface area contributed by atoms with Crippen LogP contribution in [0.2, 0.25) is 10.0 Å². The zero-order valence-electron chi connectivity index (χ0n) is 11.2. The maximum atomic E-state index is 12.0. The average Bonchev–Trinajstić information content (AvgIpc) is 2.49. The van der Waals surface area contributed by atoms with Crippen molar-refractivity contribution in [3.05, 3.63) is 63.6 Å². The van der Waals surface area contributed by atoms with Crippen molar-refractivity contribution in [2.45, 2.75) is 0 Å². The van der Waals surface area contributed by atoms with E-state index in [1.165, 1.54) is 6.21 Å². The number of nitrogens with one attached hydrogen (secondary N) is 2. The van der Waals surface area contributed by atoms with E-state index in [2.05, 4.69) is 15.8 Å². The fraction of sp³-hybridized carbons (Fsp3) is 0.0667. The lowest BCUT2D eigenvalue weighted by atomic mass is 10.1. The minimum absolute atomic E-state index is 0.304. The summed E-state index contributed by atoms with van der Waals surface area (Å²) in [6.45, 7) is 0. The minimum Gasteiger partial charge on any atom is -0.387 e. The van der Waals surface area contributed by atoms with Crippen LogP contribution in [-0.2, 0) is 0 Å². The van der Waals surface area contributed by atoms with Crippen molar-refractivity contribution < 1.29 is 4.79 Å². The van der Waals surface area contributed by atoms with Crippen molar-refractivity contribution in [2.75, 3.05) is 12.4 Å². The summed E-state index contributed by atoms with van der Waals surface area (Å²) in [4.78, 5) is 12.0. The molecule has 0 radical (unpaired) electrons. The number of nitrogens with zero attached hydrogens (tertiary/aromatic N) is 1. The molecule has 0 saturated heterocycles. The average molecular weight is 322 g/mol. The molecule has 0 atom stereocenters. The number of hydrogen-bond acceptors (Lipinski definition) is 3. The predicted molar refractivity (Wildman–Crippen MR) is 87.5 cm³/mol. The molecule has 0 unspecified atom stereocenters. The Morgan fingerprint density at radius 1 is 1.19 bits per heavy atom. The van der Waals surface area contributed by atoms with Crippen LogP contribution < -0.4 is 10.7 Å². The van der Waals surface area contributed by atoms with Gasteiger partial charge in [-0.1, -0.05) is 41.4 Å². The zero-order chi connectivity index (χ0) is 15.2. The summed E-state index contributed by atoms with van der Waals surface area (Å²) in [5.41, 5.74) is 4.38. The first kappa shape index (κ1) is 15.4. The molecule has 21 heavy (non-hydrogen) atoms. The maximum Gasteiger partial charge on any atom is 0.273 e. The molecule has 2 N–H and O–H groups in total. The molecule has 0 aliphatic heterocycles. The van der Waals surface area contributed by atoms with Crippen molar-refractivity contribution in [1.82, 2.24) is 5.43 Å². The van der Waals surface area contributed by atoms with E-state index in [4.69, 9.17) is 23.2 Å². The second-order valence-corrected chi connectivity index (χ2v) is 5.00. The monoisotopic (exact) mass is 321 g/mol. The molecule has 6 heteroatoms. The van der Waals surface area contributed by atoms with E-state index in [9.17, 15) is 4.79 Å². The van der Waals surface area contributed by atoms with Gasteiger partial charge in [-0.05, 0) is 24.3 Å². The number of benzene rings is 2. The predicted octanol–water partition coefficient (Wildman–Crippen LogP) is 3.80. The standard InChI is InChI=1S/C15H13Cl2N3O/c1-18-14-5-3-2-4-12(14)15(21)20-19-9-10-6-7-11(16)8-13(10)17/h2-9,18H,1H3,(H,20,21). The van der Waals surface area contributed by atoms with Gasteiger partial charge in [-0.2, -0.15) is 5.10 Å². The number of carbonyl (C=O) groups excluding carboxylic acids is 1. The highest BCUT2D eigenvalue weighted by Gasteiger charge is 2.08. The van der Waals surface area contributed by atoms with E-state index >= 15 is 0 Å². The van der Waals surface area contributed by atoms with Crippen LogP contribution in [0.15, 0.2) is 47.6 Å². The number of carbonyl (C=O) groups is 1. The van der Waals surface area contributed by atoms with Gasteiger partial charge in [0.15, 0.2) is 0 Å². The Kier molecular flexibility index (Phi) is 5.20. The fourth-order valence-electron chi connectivity index (χ4n) is 1.73. The Morgan fingerprint density at radius 2 is 1.95 bits per heavy atom. The van der Waals surface area contributed by atoms with E-state index in [0.717, 1.165) is 5.69 Å². The second-order valence-electron chi connectivity index (χ2n) is 4.16. The van der Waals surface area contributed by atoms with Gasteiger partial charge in [-0.25, -0.2) is 5.43 Å². The molecule has 0 aromatic heterocycles. The first-order valence-electron chi connectivity index (χ1n) is 6.17. The topological polar surface area (TPSA) is 53.5 Å². The Balaban J connectivity index is 2.08. The number of hydrogen-bond donors (Lipinski definition) is 2. The normalized spacial score (nSPS) is 10.6. The van der Waals surface area contributed by atoms with Gasteiger partial charge in [0.1, 0.15) is 0 Å². The molecular formula is C15H13Cl2N3O. The molecular weight excluding hydrogens is 309 g/mol. The number of rotatable bonds is 4.